The minimum absolute atomic E-state index is 0.0622. The third-order valence-corrected chi connectivity index (χ3v) is 14.1. The molecule has 14 heavy (non-hydrogen) atoms. The molecule has 2 nitrogen and oxygen atoms in total. The lowest BCUT2D eigenvalue weighted by Gasteiger charge is -2.21. The maximum Gasteiger partial charge on any atom is 0.0653 e. The number of rotatable bonds is 2. The molecule has 6 unspecified atom stereocenters. The van der Waals surface area contributed by atoms with Gasteiger partial charge in [-0.15, -0.1) is 17.9 Å². The second-order valence-corrected chi connectivity index (χ2v) is 13.1. The molecule has 6 atom stereocenters. The van der Waals surface area contributed by atoms with Crippen LogP contribution in [-0.4, -0.2) is 15.6 Å². The van der Waals surface area contributed by atoms with Gasteiger partial charge in [0.1, 0.15) is 0 Å². The summed E-state index contributed by atoms with van der Waals surface area (Å²) in [5.41, 5.74) is 3.22. The summed E-state index contributed by atoms with van der Waals surface area (Å²) in [5, 5.41) is 0. The number of fused-ring (bicyclic) bond motifs is 1. The monoisotopic (exact) mass is 262 g/mol. The highest BCUT2D eigenvalue weighted by atomic mass is 32.6. The molecule has 76 valence electrons. The van der Waals surface area contributed by atoms with Gasteiger partial charge in [-0.2, -0.15) is 0 Å². The minimum atomic E-state index is 0.0622. The van der Waals surface area contributed by atoms with Crippen LogP contribution in [0.4, 0.5) is 0 Å². The van der Waals surface area contributed by atoms with E-state index in [2.05, 4.69) is 34.7 Å². The molecule has 0 spiro atoms. The van der Waals surface area contributed by atoms with Gasteiger partial charge in [0, 0.05) is 24.0 Å². The van der Waals surface area contributed by atoms with Gasteiger partial charge in [-0.3, -0.25) is 9.97 Å². The van der Waals surface area contributed by atoms with Gasteiger partial charge >= 0.3 is 0 Å². The molecular formula is C8H14N2P4. The number of hydrogen-bond acceptors (Lipinski definition) is 2. The van der Waals surface area contributed by atoms with Gasteiger partial charge in [0.05, 0.1) is 11.4 Å². The summed E-state index contributed by atoms with van der Waals surface area (Å²) in [6.45, 7) is 2.29. The summed E-state index contributed by atoms with van der Waals surface area (Å²) >= 11 is 0. The van der Waals surface area contributed by atoms with E-state index in [4.69, 9.17) is 0 Å². The summed E-state index contributed by atoms with van der Waals surface area (Å²) in [7, 11) is 6.93. The lowest BCUT2D eigenvalue weighted by molar-refractivity contribution is 0.747. The molecule has 0 aromatic carbocycles. The highest BCUT2D eigenvalue weighted by Crippen LogP contribution is 2.72. The molecule has 0 saturated heterocycles. The van der Waals surface area contributed by atoms with Crippen molar-refractivity contribution in [2.24, 2.45) is 0 Å². The van der Waals surface area contributed by atoms with Gasteiger partial charge in [0.15, 0.2) is 0 Å². The molecule has 1 aromatic heterocycles. The van der Waals surface area contributed by atoms with Crippen LogP contribution in [0, 0.1) is 0 Å². The molecule has 0 radical (unpaired) electrons. The normalized spacial score (nSPS) is 28.2. The van der Waals surface area contributed by atoms with Crippen LogP contribution < -0.4 is 0 Å². The first-order valence-corrected chi connectivity index (χ1v) is 11.2. The Morgan fingerprint density at radius 1 is 1.50 bits per heavy atom. The van der Waals surface area contributed by atoms with Crippen LogP contribution in [0.1, 0.15) is 24.2 Å². The maximum atomic E-state index is 4.44. The summed E-state index contributed by atoms with van der Waals surface area (Å²) in [6.07, 6.45) is 4.74. The zero-order valence-corrected chi connectivity index (χ0v) is 12.2. The molecule has 1 heterocycles. The minimum Gasteiger partial charge on any atom is -0.258 e. The molecule has 0 saturated carbocycles. The van der Waals surface area contributed by atoms with E-state index in [9.17, 15) is 0 Å². The quantitative estimate of drug-likeness (QED) is 0.765. The van der Waals surface area contributed by atoms with Crippen molar-refractivity contribution in [2.45, 2.75) is 24.9 Å². The highest BCUT2D eigenvalue weighted by molar-refractivity contribution is 8.61. The van der Waals surface area contributed by atoms with Crippen LogP contribution in [0.5, 0.6) is 0 Å². The lowest BCUT2D eigenvalue weighted by Crippen LogP contribution is -2.05. The van der Waals surface area contributed by atoms with Crippen LogP contribution in [0.15, 0.2) is 12.4 Å². The Labute approximate surface area is 92.1 Å². The molecule has 0 aliphatic heterocycles. The SMILES string of the molecule is CC1c2nccnc2CC1P(P)PP. The third-order valence-electron chi connectivity index (χ3n) is 2.72. The molecular weight excluding hydrogens is 248 g/mol. The Bertz CT molecular complexity index is 333. The average Bonchev–Trinajstić information content (AvgIpc) is 2.56. The first-order valence-electron chi connectivity index (χ1n) is 4.54. The molecule has 2 rings (SSSR count). The molecule has 0 N–H and O–H groups in total. The van der Waals surface area contributed by atoms with Gasteiger partial charge in [-0.1, -0.05) is 22.2 Å². The Kier molecular flexibility index (Phi) is 3.84. The predicted octanol–water partition coefficient (Wildman–Crippen LogP) is 3.16. The summed E-state index contributed by atoms with van der Waals surface area (Å²) in [5.74, 6) is 0.593. The average molecular weight is 262 g/mol. The van der Waals surface area contributed by atoms with Crippen molar-refractivity contribution in [1.29, 1.82) is 0 Å². The molecule has 1 aliphatic rings. The third kappa shape index (κ3) is 2.01. The van der Waals surface area contributed by atoms with Crippen molar-refractivity contribution in [1.82, 2.24) is 9.97 Å². The van der Waals surface area contributed by atoms with Gasteiger partial charge < -0.3 is 0 Å². The molecule has 0 amide bonds. The number of aromatic nitrogens is 2. The molecule has 0 bridgehead atoms. The van der Waals surface area contributed by atoms with E-state index in [1.165, 1.54) is 11.4 Å². The van der Waals surface area contributed by atoms with E-state index in [0.717, 1.165) is 20.0 Å². The Balaban J connectivity index is 2.25. The van der Waals surface area contributed by atoms with E-state index in [1.807, 2.05) is 12.4 Å². The van der Waals surface area contributed by atoms with Crippen molar-refractivity contribution < 1.29 is 0 Å². The van der Waals surface area contributed by atoms with Gasteiger partial charge in [-0.05, 0) is 6.42 Å². The molecule has 0 fully saturated rings. The smallest absolute Gasteiger partial charge is 0.0653 e. The topological polar surface area (TPSA) is 25.8 Å². The second kappa shape index (κ2) is 4.76. The van der Waals surface area contributed by atoms with Crippen molar-refractivity contribution in [2.75, 3.05) is 0 Å². The van der Waals surface area contributed by atoms with Crippen LogP contribution >= 0.6 is 33.1 Å². The standard InChI is InChI=1S/C8H14N2P4/c1-5-7(14(12)13-11)4-6-8(5)10-3-2-9-6/h2-3,5,7,13H,4,11-12H2,1H3. The maximum absolute atomic E-state index is 4.44. The van der Waals surface area contributed by atoms with E-state index < -0.39 is 0 Å². The summed E-state index contributed by atoms with van der Waals surface area (Å²) in [6, 6.07) is 0. The first-order chi connectivity index (χ1) is 6.74. The highest BCUT2D eigenvalue weighted by Gasteiger charge is 2.34. The predicted molar refractivity (Wildman–Crippen MR) is 72.6 cm³/mol. The zero-order chi connectivity index (χ0) is 10.1. The fourth-order valence-electron chi connectivity index (χ4n) is 1.91. The fourth-order valence-corrected chi connectivity index (χ4v) is 7.42. The van der Waals surface area contributed by atoms with Crippen molar-refractivity contribution in [3.63, 3.8) is 0 Å². The molecule has 1 aromatic rings. The van der Waals surface area contributed by atoms with E-state index in [1.54, 1.807) is 0 Å². The second-order valence-electron chi connectivity index (χ2n) is 3.48. The van der Waals surface area contributed by atoms with Crippen LogP contribution in [0.3, 0.4) is 0 Å². The van der Waals surface area contributed by atoms with Crippen LogP contribution in [0.25, 0.3) is 0 Å². The van der Waals surface area contributed by atoms with E-state index in [-0.39, 0.29) is 7.30 Å². The van der Waals surface area contributed by atoms with Crippen LogP contribution in [0.2, 0.25) is 0 Å². The molecule has 6 heteroatoms. The van der Waals surface area contributed by atoms with Crippen molar-refractivity contribution in [3.05, 3.63) is 23.8 Å². The fraction of sp³-hybridized carbons (Fsp3) is 0.500. The lowest BCUT2D eigenvalue weighted by atomic mass is 10.1. The van der Waals surface area contributed by atoms with E-state index >= 15 is 0 Å². The Hall–Kier alpha value is 0.800. The van der Waals surface area contributed by atoms with E-state index in [0.29, 0.717) is 5.92 Å². The Morgan fingerprint density at radius 3 is 2.86 bits per heavy atom. The van der Waals surface area contributed by atoms with Gasteiger partial charge in [0.2, 0.25) is 0 Å². The Morgan fingerprint density at radius 2 is 2.21 bits per heavy atom. The first kappa shape index (κ1) is 11.3. The van der Waals surface area contributed by atoms with Crippen LogP contribution in [-0.2, 0) is 6.42 Å². The summed E-state index contributed by atoms with van der Waals surface area (Å²) in [4.78, 5) is 8.85. The number of hydrogen-bond donors (Lipinski definition) is 0. The van der Waals surface area contributed by atoms with Crippen molar-refractivity contribution >= 4 is 33.1 Å². The number of nitrogens with zero attached hydrogens (tertiary/aromatic N) is 2. The largest absolute Gasteiger partial charge is 0.258 e. The zero-order valence-electron chi connectivity index (χ0n) is 8.01. The van der Waals surface area contributed by atoms with Gasteiger partial charge in [0.25, 0.3) is 0 Å². The van der Waals surface area contributed by atoms with Gasteiger partial charge in [-0.25, -0.2) is 0 Å². The summed E-state index contributed by atoms with van der Waals surface area (Å²) < 4.78 is 0. The molecule has 1 aliphatic carbocycles. The van der Waals surface area contributed by atoms with Crippen molar-refractivity contribution in [3.8, 4) is 0 Å².